The van der Waals surface area contributed by atoms with E-state index in [1.165, 1.54) is 11.3 Å². The first-order valence-corrected chi connectivity index (χ1v) is 10.4. The number of rotatable bonds is 6. The summed E-state index contributed by atoms with van der Waals surface area (Å²) in [5, 5.41) is 2.00. The quantitative estimate of drug-likeness (QED) is 0.601. The Morgan fingerprint density at radius 2 is 1.83 bits per heavy atom. The lowest BCUT2D eigenvalue weighted by Crippen LogP contribution is -2.18. The van der Waals surface area contributed by atoms with Crippen LogP contribution in [-0.4, -0.2) is 22.6 Å². The molecule has 128 valence electrons. The van der Waals surface area contributed by atoms with Crippen LogP contribution in [0.3, 0.4) is 0 Å². The normalized spacial score (nSPS) is 12.2. The highest BCUT2D eigenvalue weighted by Gasteiger charge is 2.36. The van der Waals surface area contributed by atoms with Crippen LogP contribution in [0.25, 0.3) is 16.2 Å². The minimum atomic E-state index is -3.48. The summed E-state index contributed by atoms with van der Waals surface area (Å²) in [6.45, 7) is 8.24. The van der Waals surface area contributed by atoms with Crippen molar-refractivity contribution in [3.05, 3.63) is 40.9 Å². The van der Waals surface area contributed by atoms with Crippen molar-refractivity contribution in [2.24, 2.45) is 0 Å². The number of nitrogens with zero attached hydrogens (tertiary/aromatic N) is 2. The lowest BCUT2D eigenvalue weighted by atomic mass is 10.1. The van der Waals surface area contributed by atoms with Crippen molar-refractivity contribution in [2.75, 3.05) is 13.2 Å². The number of imidazole rings is 1. The van der Waals surface area contributed by atoms with E-state index in [-0.39, 0.29) is 0 Å². The first-order valence-electron chi connectivity index (χ1n) is 7.94. The summed E-state index contributed by atoms with van der Waals surface area (Å²) >= 11 is 1.52. The number of fused-ring (bicyclic) bond motifs is 1. The summed E-state index contributed by atoms with van der Waals surface area (Å²) in [5.41, 5.74) is 4.18. The first-order chi connectivity index (χ1) is 11.5. The highest BCUT2D eigenvalue weighted by molar-refractivity contribution is 7.62. The van der Waals surface area contributed by atoms with Gasteiger partial charge in [-0.25, -0.2) is 4.98 Å². The second kappa shape index (κ2) is 6.81. The van der Waals surface area contributed by atoms with Crippen LogP contribution in [0.15, 0.2) is 29.6 Å². The fraction of sp³-hybridized carbons (Fsp3) is 0.353. The molecule has 0 radical (unpaired) electrons. The molecule has 0 atom stereocenters. The molecule has 24 heavy (non-hydrogen) atoms. The number of benzene rings is 1. The van der Waals surface area contributed by atoms with Crippen molar-refractivity contribution in [2.45, 2.75) is 27.7 Å². The molecule has 0 bridgehead atoms. The Balaban J connectivity index is 2.35. The van der Waals surface area contributed by atoms with Gasteiger partial charge in [-0.2, -0.15) is 0 Å². The molecule has 1 aromatic carbocycles. The van der Waals surface area contributed by atoms with Crippen LogP contribution in [-0.2, 0) is 13.6 Å². The van der Waals surface area contributed by atoms with Gasteiger partial charge in [0.1, 0.15) is 5.69 Å². The Morgan fingerprint density at radius 1 is 1.17 bits per heavy atom. The number of hydrogen-bond acceptors (Lipinski definition) is 5. The molecule has 0 spiro atoms. The van der Waals surface area contributed by atoms with Crippen molar-refractivity contribution < 1.29 is 13.6 Å². The lowest BCUT2D eigenvalue weighted by molar-refractivity contribution is 0.229. The summed E-state index contributed by atoms with van der Waals surface area (Å²) < 4.78 is 26.7. The molecule has 0 aliphatic heterocycles. The summed E-state index contributed by atoms with van der Waals surface area (Å²) in [6, 6.07) is 7.94. The van der Waals surface area contributed by atoms with Crippen LogP contribution in [0, 0.1) is 13.8 Å². The maximum atomic E-state index is 13.5. The van der Waals surface area contributed by atoms with Gasteiger partial charge in [0.25, 0.3) is 0 Å². The first kappa shape index (κ1) is 17.4. The van der Waals surface area contributed by atoms with Gasteiger partial charge in [-0.1, -0.05) is 24.3 Å². The third-order valence-corrected chi connectivity index (χ3v) is 6.84. The van der Waals surface area contributed by atoms with E-state index in [0.717, 1.165) is 21.8 Å². The fourth-order valence-corrected chi connectivity index (χ4v) is 5.61. The zero-order valence-corrected chi connectivity index (χ0v) is 16.0. The number of hydrogen-bond donors (Lipinski definition) is 0. The van der Waals surface area contributed by atoms with E-state index in [1.807, 2.05) is 61.7 Å². The number of aromatic nitrogens is 2. The van der Waals surface area contributed by atoms with Gasteiger partial charge >= 0.3 is 7.60 Å². The predicted octanol–water partition coefficient (Wildman–Crippen LogP) is 4.57. The van der Waals surface area contributed by atoms with Crippen LogP contribution in [0.4, 0.5) is 0 Å². The molecule has 0 saturated carbocycles. The smallest absolute Gasteiger partial charge is 0.304 e. The van der Waals surface area contributed by atoms with Gasteiger partial charge in [0.2, 0.25) is 0 Å². The molecule has 2 heterocycles. The molecule has 0 aliphatic rings. The molecule has 0 saturated heterocycles. The standard InChI is InChI=1S/C17H21N2O3PS/c1-5-21-23(20,22-6-2)16-15(14-10-8-7-9-12(14)3)18-17-19(16)13(4)11-24-17/h7-11H,5-6H2,1-4H3. The Labute approximate surface area is 145 Å². The van der Waals surface area contributed by atoms with Crippen LogP contribution >= 0.6 is 18.9 Å². The van der Waals surface area contributed by atoms with E-state index in [0.29, 0.717) is 24.3 Å². The highest BCUT2D eigenvalue weighted by atomic mass is 32.1. The predicted molar refractivity (Wildman–Crippen MR) is 98.5 cm³/mol. The SMILES string of the molecule is CCOP(=O)(OCC)c1c(-c2ccccc2C)nc2scc(C)n12. The average Bonchev–Trinajstić information content (AvgIpc) is 3.09. The van der Waals surface area contributed by atoms with Crippen LogP contribution in [0.1, 0.15) is 25.1 Å². The van der Waals surface area contributed by atoms with Crippen LogP contribution < -0.4 is 5.44 Å². The summed E-state index contributed by atoms with van der Waals surface area (Å²) in [4.78, 5) is 5.54. The zero-order valence-electron chi connectivity index (χ0n) is 14.3. The zero-order chi connectivity index (χ0) is 17.3. The van der Waals surface area contributed by atoms with E-state index in [1.54, 1.807) is 0 Å². The Bertz CT molecular complexity index is 906. The number of thiazole rings is 1. The van der Waals surface area contributed by atoms with Crippen molar-refractivity contribution in [3.8, 4) is 11.3 Å². The van der Waals surface area contributed by atoms with Gasteiger partial charge in [-0.05, 0) is 33.3 Å². The molecular weight excluding hydrogens is 343 g/mol. The van der Waals surface area contributed by atoms with E-state index in [4.69, 9.17) is 14.0 Å². The van der Waals surface area contributed by atoms with E-state index in [9.17, 15) is 4.57 Å². The van der Waals surface area contributed by atoms with Gasteiger partial charge < -0.3 is 9.05 Å². The maximum Gasteiger partial charge on any atom is 0.380 e. The van der Waals surface area contributed by atoms with Crippen molar-refractivity contribution in [1.29, 1.82) is 0 Å². The monoisotopic (exact) mass is 364 g/mol. The van der Waals surface area contributed by atoms with Crippen molar-refractivity contribution >= 4 is 29.3 Å². The minimum Gasteiger partial charge on any atom is -0.304 e. The van der Waals surface area contributed by atoms with Crippen molar-refractivity contribution in [3.63, 3.8) is 0 Å². The van der Waals surface area contributed by atoms with Gasteiger partial charge in [0.15, 0.2) is 10.4 Å². The maximum absolute atomic E-state index is 13.5. The summed E-state index contributed by atoms with van der Waals surface area (Å²) in [7, 11) is -3.48. The molecule has 0 N–H and O–H groups in total. The number of aryl methyl sites for hydroxylation is 2. The molecule has 7 heteroatoms. The Morgan fingerprint density at radius 3 is 2.46 bits per heavy atom. The van der Waals surface area contributed by atoms with Gasteiger partial charge in [0, 0.05) is 16.6 Å². The molecular formula is C17H21N2O3PS. The highest BCUT2D eigenvalue weighted by Crippen LogP contribution is 2.50. The van der Waals surface area contributed by atoms with Gasteiger partial charge in [-0.15, -0.1) is 11.3 Å². The minimum absolute atomic E-state index is 0.306. The average molecular weight is 364 g/mol. The van der Waals surface area contributed by atoms with Crippen LogP contribution in [0.5, 0.6) is 0 Å². The Kier molecular flexibility index (Phi) is 4.92. The Hall–Kier alpha value is -1.46. The molecule has 0 unspecified atom stereocenters. The lowest BCUT2D eigenvalue weighted by Gasteiger charge is -2.18. The van der Waals surface area contributed by atoms with Gasteiger partial charge in [0.05, 0.1) is 13.2 Å². The van der Waals surface area contributed by atoms with Crippen molar-refractivity contribution in [1.82, 2.24) is 9.38 Å². The molecule has 2 aromatic heterocycles. The van der Waals surface area contributed by atoms with E-state index < -0.39 is 7.60 Å². The third kappa shape index (κ3) is 2.84. The van der Waals surface area contributed by atoms with Crippen LogP contribution in [0.2, 0.25) is 0 Å². The topological polar surface area (TPSA) is 52.8 Å². The van der Waals surface area contributed by atoms with Gasteiger partial charge in [-0.3, -0.25) is 8.97 Å². The molecule has 5 nitrogen and oxygen atoms in total. The largest absolute Gasteiger partial charge is 0.380 e. The summed E-state index contributed by atoms with van der Waals surface area (Å²) in [6.07, 6.45) is 0. The summed E-state index contributed by atoms with van der Waals surface area (Å²) in [5.74, 6) is 0. The molecule has 3 rings (SSSR count). The third-order valence-electron chi connectivity index (χ3n) is 3.77. The molecule has 0 fully saturated rings. The molecule has 3 aromatic rings. The second-order valence-electron chi connectivity index (χ2n) is 5.43. The molecule has 0 amide bonds. The second-order valence-corrected chi connectivity index (χ2v) is 8.20. The molecule has 0 aliphatic carbocycles. The van der Waals surface area contributed by atoms with E-state index >= 15 is 0 Å². The van der Waals surface area contributed by atoms with E-state index in [2.05, 4.69) is 0 Å². The fourth-order valence-electron chi connectivity index (χ4n) is 2.75.